The summed E-state index contributed by atoms with van der Waals surface area (Å²) in [6.45, 7) is 4.10. The maximum absolute atomic E-state index is 11.4. The van der Waals surface area contributed by atoms with Gasteiger partial charge in [-0.3, -0.25) is 0 Å². The molecule has 4 heteroatoms. The number of para-hydroxylation sites is 1. The number of hydrogen-bond acceptors (Lipinski definition) is 3. The third-order valence-corrected chi connectivity index (χ3v) is 4.30. The fourth-order valence-electron chi connectivity index (χ4n) is 3.21. The van der Waals surface area contributed by atoms with Crippen LogP contribution in [0.3, 0.4) is 0 Å². The van der Waals surface area contributed by atoms with Gasteiger partial charge in [0.15, 0.2) is 0 Å². The number of nitrogens with two attached hydrogens (primary N) is 1. The van der Waals surface area contributed by atoms with E-state index in [0.717, 1.165) is 48.2 Å². The highest BCUT2D eigenvalue weighted by Gasteiger charge is 2.20. The molecule has 1 aliphatic rings. The van der Waals surface area contributed by atoms with Crippen molar-refractivity contribution in [1.82, 2.24) is 5.32 Å². The zero-order valence-electron chi connectivity index (χ0n) is 13.3. The van der Waals surface area contributed by atoms with E-state index in [-0.39, 0.29) is 0 Å². The zero-order valence-corrected chi connectivity index (χ0v) is 13.3. The average molecular weight is 310 g/mol. The Hall–Kier alpha value is -2.33. The number of primary amides is 1. The van der Waals surface area contributed by atoms with E-state index in [0.29, 0.717) is 11.7 Å². The average Bonchev–Trinajstić information content (AvgIpc) is 3.01. The summed E-state index contributed by atoms with van der Waals surface area (Å²) in [4.78, 5) is 11.4. The third kappa shape index (κ3) is 3.71. The van der Waals surface area contributed by atoms with Gasteiger partial charge in [0.05, 0.1) is 0 Å². The highest BCUT2D eigenvalue weighted by molar-refractivity contribution is 5.78. The molecule has 3 rings (SSSR count). The van der Waals surface area contributed by atoms with E-state index in [1.165, 1.54) is 0 Å². The van der Waals surface area contributed by atoms with Gasteiger partial charge in [-0.05, 0) is 49.9 Å². The minimum atomic E-state index is -0.768. The molecule has 0 bridgehead atoms. The van der Waals surface area contributed by atoms with E-state index in [4.69, 9.17) is 10.5 Å². The molecule has 120 valence electrons. The predicted octanol–water partition coefficient (Wildman–Crippen LogP) is 3.27. The Kier molecular flexibility index (Phi) is 4.63. The van der Waals surface area contributed by atoms with Gasteiger partial charge in [-0.25, -0.2) is 4.79 Å². The first-order chi connectivity index (χ1) is 11.1. The largest absolute Gasteiger partial charge is 0.410 e. The van der Waals surface area contributed by atoms with E-state index in [1.807, 2.05) is 43.3 Å². The van der Waals surface area contributed by atoms with Crippen LogP contribution in [0.5, 0.6) is 5.75 Å². The van der Waals surface area contributed by atoms with E-state index in [2.05, 4.69) is 11.4 Å². The first-order valence-corrected chi connectivity index (χ1v) is 8.00. The van der Waals surface area contributed by atoms with Crippen LogP contribution < -0.4 is 15.8 Å². The summed E-state index contributed by atoms with van der Waals surface area (Å²) in [6, 6.07) is 14.2. The SMILES string of the molecule is Cc1cccc(-c2cccc(C[C@@H]3CCNC3)c2OC(N)=O)c1. The van der Waals surface area contributed by atoms with Gasteiger partial charge in [-0.2, -0.15) is 0 Å². The summed E-state index contributed by atoms with van der Waals surface area (Å²) in [5.41, 5.74) is 9.46. The third-order valence-electron chi connectivity index (χ3n) is 4.30. The molecule has 2 aromatic carbocycles. The van der Waals surface area contributed by atoms with Crippen molar-refractivity contribution in [3.63, 3.8) is 0 Å². The van der Waals surface area contributed by atoms with Crippen molar-refractivity contribution in [1.29, 1.82) is 0 Å². The van der Waals surface area contributed by atoms with Crippen LogP contribution in [-0.4, -0.2) is 19.2 Å². The van der Waals surface area contributed by atoms with E-state index in [9.17, 15) is 4.79 Å². The van der Waals surface area contributed by atoms with Gasteiger partial charge in [0.25, 0.3) is 0 Å². The number of nitrogens with one attached hydrogen (secondary N) is 1. The molecule has 1 aliphatic heterocycles. The summed E-state index contributed by atoms with van der Waals surface area (Å²) >= 11 is 0. The number of hydrogen-bond donors (Lipinski definition) is 2. The van der Waals surface area contributed by atoms with Crippen LogP contribution in [0.2, 0.25) is 0 Å². The van der Waals surface area contributed by atoms with Crippen molar-refractivity contribution >= 4 is 6.09 Å². The molecule has 0 radical (unpaired) electrons. The van der Waals surface area contributed by atoms with Crippen LogP contribution in [0.25, 0.3) is 11.1 Å². The first kappa shape index (κ1) is 15.6. The Morgan fingerprint density at radius 1 is 1.30 bits per heavy atom. The fraction of sp³-hybridized carbons (Fsp3) is 0.316. The van der Waals surface area contributed by atoms with Gasteiger partial charge in [0.1, 0.15) is 5.75 Å². The van der Waals surface area contributed by atoms with Gasteiger partial charge >= 0.3 is 6.09 Å². The second-order valence-electron chi connectivity index (χ2n) is 6.15. The molecule has 0 unspecified atom stereocenters. The van der Waals surface area contributed by atoms with Gasteiger partial charge < -0.3 is 15.8 Å². The Bertz CT molecular complexity index is 706. The minimum absolute atomic E-state index is 0.568. The number of ether oxygens (including phenoxy) is 1. The van der Waals surface area contributed by atoms with Crippen LogP contribution in [0.15, 0.2) is 42.5 Å². The highest BCUT2D eigenvalue weighted by Crippen LogP contribution is 2.35. The number of rotatable bonds is 4. The molecule has 1 atom stereocenters. The molecule has 1 heterocycles. The molecule has 0 spiro atoms. The van der Waals surface area contributed by atoms with Crippen molar-refractivity contribution in [2.24, 2.45) is 11.7 Å². The maximum Gasteiger partial charge on any atom is 0.409 e. The minimum Gasteiger partial charge on any atom is -0.410 e. The molecule has 0 aromatic heterocycles. The molecule has 1 saturated heterocycles. The van der Waals surface area contributed by atoms with Crippen LogP contribution in [-0.2, 0) is 6.42 Å². The van der Waals surface area contributed by atoms with E-state index < -0.39 is 6.09 Å². The number of carbonyl (C=O) groups is 1. The molecular formula is C19H22N2O2. The number of carbonyl (C=O) groups excluding carboxylic acids is 1. The summed E-state index contributed by atoms with van der Waals surface area (Å²) in [5.74, 6) is 1.16. The Morgan fingerprint density at radius 2 is 2.13 bits per heavy atom. The van der Waals surface area contributed by atoms with Crippen molar-refractivity contribution in [3.8, 4) is 16.9 Å². The summed E-state index contributed by atoms with van der Waals surface area (Å²) < 4.78 is 5.40. The molecule has 4 nitrogen and oxygen atoms in total. The quantitative estimate of drug-likeness (QED) is 0.911. The van der Waals surface area contributed by atoms with Gasteiger partial charge in [0, 0.05) is 5.56 Å². The number of aryl methyl sites for hydroxylation is 1. The van der Waals surface area contributed by atoms with Crippen molar-refractivity contribution < 1.29 is 9.53 Å². The second-order valence-corrected chi connectivity index (χ2v) is 6.15. The summed E-state index contributed by atoms with van der Waals surface area (Å²) in [5, 5.41) is 3.37. The molecule has 0 aliphatic carbocycles. The normalized spacial score (nSPS) is 17.2. The van der Waals surface area contributed by atoms with Crippen LogP contribution >= 0.6 is 0 Å². The first-order valence-electron chi connectivity index (χ1n) is 8.00. The standard InChI is InChI=1S/C19H22N2O2/c1-13-4-2-5-15(10-13)17-7-3-6-16(18(17)23-19(20)22)11-14-8-9-21-12-14/h2-7,10,14,21H,8-9,11-12H2,1H3,(H2,20,22)/t14-/m0/s1. The lowest BCUT2D eigenvalue weighted by Crippen LogP contribution is -2.18. The second kappa shape index (κ2) is 6.84. The van der Waals surface area contributed by atoms with Crippen LogP contribution in [0, 0.1) is 12.8 Å². The fourth-order valence-corrected chi connectivity index (χ4v) is 3.21. The van der Waals surface area contributed by atoms with Gasteiger partial charge in [-0.1, -0.05) is 48.0 Å². The smallest absolute Gasteiger partial charge is 0.409 e. The Balaban J connectivity index is 2.02. The maximum atomic E-state index is 11.4. The Labute approximate surface area is 136 Å². The molecule has 2 aromatic rings. The van der Waals surface area contributed by atoms with Crippen LogP contribution in [0.4, 0.5) is 4.79 Å². The van der Waals surface area contributed by atoms with E-state index >= 15 is 0 Å². The molecular weight excluding hydrogens is 288 g/mol. The molecule has 23 heavy (non-hydrogen) atoms. The summed E-state index contributed by atoms with van der Waals surface area (Å²) in [7, 11) is 0. The monoisotopic (exact) mass is 310 g/mol. The van der Waals surface area contributed by atoms with Crippen molar-refractivity contribution in [2.45, 2.75) is 19.8 Å². The lowest BCUT2D eigenvalue weighted by molar-refractivity contribution is 0.210. The summed E-state index contributed by atoms with van der Waals surface area (Å²) in [6.07, 6.45) is 1.26. The Morgan fingerprint density at radius 3 is 2.83 bits per heavy atom. The van der Waals surface area contributed by atoms with Crippen molar-refractivity contribution in [2.75, 3.05) is 13.1 Å². The van der Waals surface area contributed by atoms with E-state index in [1.54, 1.807) is 0 Å². The van der Waals surface area contributed by atoms with Crippen LogP contribution in [0.1, 0.15) is 17.5 Å². The number of benzene rings is 2. The zero-order chi connectivity index (χ0) is 16.2. The molecule has 1 amide bonds. The van der Waals surface area contributed by atoms with Crippen molar-refractivity contribution in [3.05, 3.63) is 53.6 Å². The molecule has 1 fully saturated rings. The van der Waals surface area contributed by atoms with Gasteiger partial charge in [0.2, 0.25) is 0 Å². The predicted molar refractivity (Wildman–Crippen MR) is 91.5 cm³/mol. The topological polar surface area (TPSA) is 64.3 Å². The van der Waals surface area contributed by atoms with Gasteiger partial charge in [-0.15, -0.1) is 0 Å². The lowest BCUT2D eigenvalue weighted by Gasteiger charge is -2.16. The highest BCUT2D eigenvalue weighted by atomic mass is 16.5. The molecule has 3 N–H and O–H groups in total. The molecule has 0 saturated carbocycles. The lowest BCUT2D eigenvalue weighted by atomic mass is 9.94. The number of amides is 1.